The number of halogens is 1. The zero-order valence-electron chi connectivity index (χ0n) is 11.0. The van der Waals surface area contributed by atoms with Crippen molar-refractivity contribution in [2.75, 3.05) is 12.0 Å². The fourth-order valence-electron chi connectivity index (χ4n) is 2.10. The van der Waals surface area contributed by atoms with E-state index in [2.05, 4.69) is 22.4 Å². The number of hydrogen-bond donors (Lipinski definition) is 1. The summed E-state index contributed by atoms with van der Waals surface area (Å²) in [6.07, 6.45) is 4.86. The summed E-state index contributed by atoms with van der Waals surface area (Å²) < 4.78 is 2.11. The van der Waals surface area contributed by atoms with Crippen LogP contribution in [0, 0.1) is 0 Å². The van der Waals surface area contributed by atoms with E-state index in [4.69, 9.17) is 17.3 Å². The molecule has 0 aliphatic carbocycles. The maximum absolute atomic E-state index is 6.25. The van der Waals surface area contributed by atoms with Crippen LogP contribution in [0.25, 0.3) is 11.0 Å². The van der Waals surface area contributed by atoms with Crippen LogP contribution < -0.4 is 5.73 Å². The van der Waals surface area contributed by atoms with Crippen molar-refractivity contribution in [2.24, 2.45) is 5.73 Å². The molecule has 0 aliphatic rings. The second kappa shape index (κ2) is 6.46. The van der Waals surface area contributed by atoms with Crippen LogP contribution in [0.15, 0.2) is 30.9 Å². The van der Waals surface area contributed by atoms with Gasteiger partial charge < -0.3 is 10.3 Å². The molecule has 2 aromatic rings. The normalized spacial score (nSPS) is 12.8. The van der Waals surface area contributed by atoms with Gasteiger partial charge in [0, 0.05) is 11.6 Å². The van der Waals surface area contributed by atoms with E-state index in [1.54, 1.807) is 11.8 Å². The Hall–Kier alpha value is -0.970. The Morgan fingerprint density at radius 3 is 3.05 bits per heavy atom. The smallest absolute Gasteiger partial charge is 0.127 e. The first kappa shape index (κ1) is 14.4. The molecule has 1 aromatic heterocycles. The molecule has 1 aromatic carbocycles. The van der Waals surface area contributed by atoms with Crippen molar-refractivity contribution in [1.82, 2.24) is 9.55 Å². The molecule has 19 heavy (non-hydrogen) atoms. The van der Waals surface area contributed by atoms with E-state index < -0.39 is 0 Å². The van der Waals surface area contributed by atoms with Gasteiger partial charge in [-0.2, -0.15) is 11.8 Å². The minimum Gasteiger partial charge on any atom is -0.323 e. The van der Waals surface area contributed by atoms with Gasteiger partial charge in [-0.05, 0) is 36.6 Å². The molecule has 0 amide bonds. The highest BCUT2D eigenvalue weighted by Crippen LogP contribution is 2.24. The number of allylic oxidation sites excluding steroid dienone is 1. The van der Waals surface area contributed by atoms with Gasteiger partial charge in [0.15, 0.2) is 0 Å². The lowest BCUT2D eigenvalue weighted by atomic mass is 10.2. The van der Waals surface area contributed by atoms with E-state index in [0.717, 1.165) is 29.0 Å². The highest BCUT2D eigenvalue weighted by atomic mass is 35.5. The van der Waals surface area contributed by atoms with Crippen LogP contribution in [0.3, 0.4) is 0 Å². The second-order valence-corrected chi connectivity index (χ2v) is 5.81. The van der Waals surface area contributed by atoms with Crippen molar-refractivity contribution < 1.29 is 0 Å². The van der Waals surface area contributed by atoms with Crippen molar-refractivity contribution in [3.05, 3.63) is 41.7 Å². The number of benzene rings is 1. The summed E-state index contributed by atoms with van der Waals surface area (Å²) in [5.41, 5.74) is 8.20. The molecule has 102 valence electrons. The van der Waals surface area contributed by atoms with Crippen LogP contribution in [-0.4, -0.2) is 21.6 Å². The lowest BCUT2D eigenvalue weighted by Crippen LogP contribution is -2.17. The van der Waals surface area contributed by atoms with Crippen molar-refractivity contribution in [3.63, 3.8) is 0 Å². The van der Waals surface area contributed by atoms with Crippen LogP contribution in [0.4, 0.5) is 0 Å². The quantitative estimate of drug-likeness (QED) is 0.828. The van der Waals surface area contributed by atoms with Crippen molar-refractivity contribution >= 4 is 34.4 Å². The molecule has 1 heterocycles. The van der Waals surface area contributed by atoms with Crippen molar-refractivity contribution in [1.29, 1.82) is 0 Å². The molecule has 1 unspecified atom stereocenters. The summed E-state index contributed by atoms with van der Waals surface area (Å²) in [5, 5.41) is 0.694. The topological polar surface area (TPSA) is 43.8 Å². The van der Waals surface area contributed by atoms with Gasteiger partial charge in [-0.3, -0.25) is 0 Å². The molecule has 1 atom stereocenters. The lowest BCUT2D eigenvalue weighted by Gasteiger charge is -2.12. The third-order valence-electron chi connectivity index (χ3n) is 3.02. The molecule has 2 N–H and O–H groups in total. The van der Waals surface area contributed by atoms with Gasteiger partial charge in [-0.15, -0.1) is 6.58 Å². The van der Waals surface area contributed by atoms with Crippen molar-refractivity contribution in [2.45, 2.75) is 19.0 Å². The molecule has 0 saturated carbocycles. The molecule has 0 aliphatic heterocycles. The van der Waals surface area contributed by atoms with Gasteiger partial charge in [0.25, 0.3) is 0 Å². The predicted molar refractivity (Wildman–Crippen MR) is 84.9 cm³/mol. The Labute approximate surface area is 122 Å². The van der Waals surface area contributed by atoms with Gasteiger partial charge in [0.1, 0.15) is 5.82 Å². The van der Waals surface area contributed by atoms with Crippen LogP contribution in [-0.2, 0) is 6.54 Å². The number of nitrogens with zero attached hydrogens (tertiary/aromatic N) is 2. The zero-order chi connectivity index (χ0) is 13.8. The monoisotopic (exact) mass is 295 g/mol. The molecular weight excluding hydrogens is 278 g/mol. The largest absolute Gasteiger partial charge is 0.323 e. The van der Waals surface area contributed by atoms with Gasteiger partial charge >= 0.3 is 0 Å². The van der Waals surface area contributed by atoms with Gasteiger partial charge in [-0.25, -0.2) is 4.98 Å². The number of hydrogen-bond acceptors (Lipinski definition) is 3. The fraction of sp³-hybridized carbons (Fsp3) is 0.357. The molecule has 2 rings (SSSR count). The van der Waals surface area contributed by atoms with E-state index in [1.165, 1.54) is 0 Å². The lowest BCUT2D eigenvalue weighted by molar-refractivity contribution is 0.613. The highest BCUT2D eigenvalue weighted by molar-refractivity contribution is 7.98. The highest BCUT2D eigenvalue weighted by Gasteiger charge is 2.16. The Balaban J connectivity index is 2.46. The third kappa shape index (κ3) is 3.14. The average molecular weight is 296 g/mol. The summed E-state index contributed by atoms with van der Waals surface area (Å²) in [5.74, 6) is 1.94. The Bertz CT molecular complexity index is 579. The molecule has 0 fully saturated rings. The number of nitrogens with two attached hydrogens (primary N) is 1. The second-order valence-electron chi connectivity index (χ2n) is 4.39. The molecule has 0 saturated heterocycles. The van der Waals surface area contributed by atoms with Crippen molar-refractivity contribution in [3.8, 4) is 0 Å². The Morgan fingerprint density at radius 1 is 1.58 bits per heavy atom. The molecule has 0 bridgehead atoms. The first-order valence-electron chi connectivity index (χ1n) is 6.18. The van der Waals surface area contributed by atoms with E-state index in [1.807, 2.05) is 24.3 Å². The predicted octanol–water partition coefficient (Wildman–Crippen LogP) is 3.63. The van der Waals surface area contributed by atoms with Gasteiger partial charge in [-0.1, -0.05) is 17.7 Å². The first-order chi connectivity index (χ1) is 9.17. The van der Waals surface area contributed by atoms with Crippen LogP contribution in [0.1, 0.15) is 18.3 Å². The Morgan fingerprint density at radius 2 is 2.37 bits per heavy atom. The van der Waals surface area contributed by atoms with Gasteiger partial charge in [0.2, 0.25) is 0 Å². The molecule has 0 spiro atoms. The zero-order valence-corrected chi connectivity index (χ0v) is 12.5. The SMILES string of the molecule is C=CCn1c(C(N)CCSC)nc2cc(Cl)ccc21. The average Bonchev–Trinajstić information content (AvgIpc) is 2.74. The fourth-order valence-corrected chi connectivity index (χ4v) is 2.76. The summed E-state index contributed by atoms with van der Waals surface area (Å²) >= 11 is 7.81. The number of thioether (sulfide) groups is 1. The Kier molecular flexibility index (Phi) is 4.91. The van der Waals surface area contributed by atoms with Crippen LogP contribution in [0.2, 0.25) is 5.02 Å². The number of imidazole rings is 1. The molecule has 5 heteroatoms. The van der Waals surface area contributed by atoms with Crippen LogP contribution >= 0.6 is 23.4 Å². The summed E-state index contributed by atoms with van der Waals surface area (Å²) in [7, 11) is 0. The van der Waals surface area contributed by atoms with E-state index in [-0.39, 0.29) is 6.04 Å². The minimum atomic E-state index is -0.0569. The maximum Gasteiger partial charge on any atom is 0.127 e. The van der Waals surface area contributed by atoms with E-state index in [9.17, 15) is 0 Å². The summed E-state index contributed by atoms with van der Waals surface area (Å²) in [4.78, 5) is 4.64. The minimum absolute atomic E-state index is 0.0569. The van der Waals surface area contributed by atoms with Crippen LogP contribution in [0.5, 0.6) is 0 Å². The summed E-state index contributed by atoms with van der Waals surface area (Å²) in [6, 6.07) is 5.68. The maximum atomic E-state index is 6.25. The van der Waals surface area contributed by atoms with Gasteiger partial charge in [0.05, 0.1) is 17.1 Å². The van der Waals surface area contributed by atoms with E-state index in [0.29, 0.717) is 11.6 Å². The first-order valence-corrected chi connectivity index (χ1v) is 7.95. The third-order valence-corrected chi connectivity index (χ3v) is 3.90. The standard InChI is InChI=1S/C14H18ClN3S/c1-3-7-18-13-5-4-10(15)9-12(13)17-14(18)11(16)6-8-19-2/h3-5,9,11H,1,6-8,16H2,2H3. The number of aromatic nitrogens is 2. The number of fused-ring (bicyclic) bond motifs is 1. The number of rotatable bonds is 6. The molecule has 0 radical (unpaired) electrons. The van der Waals surface area contributed by atoms with E-state index >= 15 is 0 Å². The molecule has 3 nitrogen and oxygen atoms in total. The summed E-state index contributed by atoms with van der Waals surface area (Å²) in [6.45, 7) is 4.51. The molecular formula is C14H18ClN3S.